The lowest BCUT2D eigenvalue weighted by atomic mass is 10.1. The summed E-state index contributed by atoms with van der Waals surface area (Å²) >= 11 is 0. The Balaban J connectivity index is 2.68. The maximum absolute atomic E-state index is 11.4. The van der Waals surface area contributed by atoms with Crippen molar-refractivity contribution >= 4 is 23.3 Å². The molecule has 0 spiro atoms. The smallest absolute Gasteiger partial charge is 0.301 e. The van der Waals surface area contributed by atoms with E-state index in [1.807, 2.05) is 0 Å². The Kier molecular flexibility index (Phi) is 3.97. The first-order valence-electron chi connectivity index (χ1n) is 5.98. The molecule has 22 heavy (non-hydrogen) atoms. The Morgan fingerprint density at radius 2 is 1.36 bits per heavy atom. The number of guanidine groups is 2. The van der Waals surface area contributed by atoms with Crippen LogP contribution in [0.4, 0.5) is 0 Å². The predicted octanol–water partition coefficient (Wildman–Crippen LogP) is -1.70. The topological polar surface area (TPSA) is 197 Å². The van der Waals surface area contributed by atoms with Gasteiger partial charge in [0, 0.05) is 16.1 Å². The summed E-state index contributed by atoms with van der Waals surface area (Å²) in [6.45, 7) is 0. The number of hydrogen-bond donors (Lipinski definition) is 4. The first kappa shape index (κ1) is 14.9. The monoisotopic (exact) mass is 303 g/mol. The number of hydrogen-bond acceptors (Lipinski definition) is 6. The molecule has 0 saturated heterocycles. The fourth-order valence-electron chi connectivity index (χ4n) is 1.99. The summed E-state index contributed by atoms with van der Waals surface area (Å²) in [5, 5.41) is 25.9. The van der Waals surface area contributed by atoms with E-state index in [0.717, 1.165) is 0 Å². The van der Waals surface area contributed by atoms with Crippen molar-refractivity contribution in [3.05, 3.63) is 45.5 Å². The van der Waals surface area contributed by atoms with Crippen molar-refractivity contribution in [1.29, 1.82) is 0 Å². The molecule has 0 aromatic heterocycles. The average molecular weight is 303 g/mol. The second kappa shape index (κ2) is 5.87. The average Bonchev–Trinajstić information content (AvgIpc) is 2.77. The minimum absolute atomic E-state index is 0.0542. The van der Waals surface area contributed by atoms with Crippen LogP contribution in [0.5, 0.6) is 0 Å². The molecule has 1 aromatic carbocycles. The lowest BCUT2D eigenvalue weighted by molar-refractivity contribution is -0.483. The number of nitro groups is 1. The van der Waals surface area contributed by atoms with Gasteiger partial charge in [-0.05, 0) is 0 Å². The van der Waals surface area contributed by atoms with Crippen LogP contribution in [-0.4, -0.2) is 34.3 Å². The molecule has 0 heterocycles. The van der Waals surface area contributed by atoms with Crippen LogP contribution in [0.15, 0.2) is 44.7 Å². The summed E-state index contributed by atoms with van der Waals surface area (Å²) in [6.07, 6.45) is 0. The summed E-state index contributed by atoms with van der Waals surface area (Å²) in [4.78, 5) is 10.8. The summed E-state index contributed by atoms with van der Waals surface area (Å²) in [5.41, 5.74) is 21.9. The summed E-state index contributed by atoms with van der Waals surface area (Å²) in [5.74, 6) is -0.636. The molecule has 1 aromatic rings. The van der Waals surface area contributed by atoms with Crippen molar-refractivity contribution in [1.82, 2.24) is 0 Å². The van der Waals surface area contributed by atoms with Crippen LogP contribution >= 0.6 is 0 Å². The third-order valence-electron chi connectivity index (χ3n) is 2.75. The number of benzene rings is 1. The minimum Gasteiger partial charge on any atom is -0.369 e. The van der Waals surface area contributed by atoms with E-state index in [4.69, 9.17) is 22.9 Å². The van der Waals surface area contributed by atoms with Crippen molar-refractivity contribution in [2.45, 2.75) is 6.04 Å². The summed E-state index contributed by atoms with van der Waals surface area (Å²) in [7, 11) is 0. The molecule has 0 unspecified atom stereocenters. The second-order valence-corrected chi connectivity index (χ2v) is 4.25. The van der Waals surface area contributed by atoms with Crippen molar-refractivity contribution in [3.8, 4) is 0 Å². The van der Waals surface area contributed by atoms with E-state index in [0.29, 0.717) is 11.1 Å². The van der Waals surface area contributed by atoms with Crippen LogP contribution in [0.1, 0.15) is 11.1 Å². The normalized spacial score (nSPS) is 17.3. The van der Waals surface area contributed by atoms with E-state index in [1.165, 1.54) is 0 Å². The SMILES string of the molecule is NC(N)=N/N=C1\c2ccccc2/C(=N\N=C(N)N)C1[N+](=O)[O-]. The van der Waals surface area contributed by atoms with Crippen molar-refractivity contribution in [3.63, 3.8) is 0 Å². The van der Waals surface area contributed by atoms with E-state index in [9.17, 15) is 10.1 Å². The largest absolute Gasteiger partial charge is 0.369 e. The van der Waals surface area contributed by atoms with E-state index in [2.05, 4.69) is 20.4 Å². The van der Waals surface area contributed by atoms with Gasteiger partial charge in [0.2, 0.25) is 11.9 Å². The molecule has 1 aliphatic carbocycles. The lowest BCUT2D eigenvalue weighted by Crippen LogP contribution is -2.33. The molecule has 0 atom stereocenters. The van der Waals surface area contributed by atoms with E-state index in [-0.39, 0.29) is 23.3 Å². The van der Waals surface area contributed by atoms with E-state index >= 15 is 0 Å². The first-order valence-corrected chi connectivity index (χ1v) is 5.98. The van der Waals surface area contributed by atoms with E-state index < -0.39 is 11.0 Å². The van der Waals surface area contributed by atoms with Gasteiger partial charge in [0.1, 0.15) is 0 Å². The molecule has 114 valence electrons. The third-order valence-corrected chi connectivity index (χ3v) is 2.75. The van der Waals surface area contributed by atoms with Gasteiger partial charge in [-0.2, -0.15) is 0 Å². The van der Waals surface area contributed by atoms with Gasteiger partial charge in [-0.15, -0.1) is 20.4 Å². The van der Waals surface area contributed by atoms with Crippen LogP contribution in [0, 0.1) is 10.1 Å². The zero-order valence-corrected chi connectivity index (χ0v) is 11.2. The number of nitrogens with zero attached hydrogens (tertiary/aromatic N) is 5. The molecule has 0 radical (unpaired) electrons. The van der Waals surface area contributed by atoms with Crippen LogP contribution in [0.2, 0.25) is 0 Å². The van der Waals surface area contributed by atoms with Gasteiger partial charge >= 0.3 is 6.04 Å². The molecular formula is C11H13N9O2. The molecule has 0 amide bonds. The Morgan fingerprint density at radius 1 is 0.955 bits per heavy atom. The van der Waals surface area contributed by atoms with Crippen LogP contribution in [0.3, 0.4) is 0 Å². The van der Waals surface area contributed by atoms with Crippen LogP contribution in [0.25, 0.3) is 0 Å². The molecule has 1 aliphatic rings. The number of rotatable bonds is 3. The molecule has 0 bridgehead atoms. The Bertz CT molecular complexity index is 672. The third kappa shape index (κ3) is 2.82. The highest BCUT2D eigenvalue weighted by Gasteiger charge is 2.44. The Morgan fingerprint density at radius 3 is 1.68 bits per heavy atom. The standard InChI is InChI=1S/C11H13N9O2/c12-10(13)18-16-7-5-3-1-2-4-6(5)8(9(7)20(21)22)17-19-11(14)15/h1-4,9H,(H4,12,13,18)(H4,14,15,19)/b16-7+,17-8+. The molecule has 0 fully saturated rings. The van der Waals surface area contributed by atoms with Crippen molar-refractivity contribution in [2.75, 3.05) is 0 Å². The first-order chi connectivity index (χ1) is 10.4. The molecular weight excluding hydrogens is 290 g/mol. The fraction of sp³-hybridized carbons (Fsp3) is 0.0909. The highest BCUT2D eigenvalue weighted by atomic mass is 16.6. The molecule has 11 nitrogen and oxygen atoms in total. The lowest BCUT2D eigenvalue weighted by Gasteiger charge is -2.02. The summed E-state index contributed by atoms with van der Waals surface area (Å²) in [6, 6.07) is 5.31. The summed E-state index contributed by atoms with van der Waals surface area (Å²) < 4.78 is 0. The Hall–Kier alpha value is -3.50. The van der Waals surface area contributed by atoms with Crippen molar-refractivity contribution < 1.29 is 4.92 Å². The maximum atomic E-state index is 11.4. The van der Waals surface area contributed by atoms with Gasteiger partial charge in [0.25, 0.3) is 0 Å². The van der Waals surface area contributed by atoms with Crippen molar-refractivity contribution in [2.24, 2.45) is 43.3 Å². The van der Waals surface area contributed by atoms with Crippen LogP contribution in [-0.2, 0) is 0 Å². The fourth-order valence-corrected chi connectivity index (χ4v) is 1.99. The molecule has 0 aliphatic heterocycles. The Labute approximate surface area is 124 Å². The highest BCUT2D eigenvalue weighted by molar-refractivity contribution is 6.32. The molecule has 8 N–H and O–H groups in total. The second-order valence-electron chi connectivity index (χ2n) is 4.25. The van der Waals surface area contributed by atoms with Gasteiger partial charge in [-0.1, -0.05) is 24.3 Å². The minimum atomic E-state index is -1.37. The van der Waals surface area contributed by atoms with Gasteiger partial charge in [0.15, 0.2) is 11.4 Å². The number of nitrogens with two attached hydrogens (primary N) is 4. The van der Waals surface area contributed by atoms with E-state index in [1.54, 1.807) is 24.3 Å². The van der Waals surface area contributed by atoms with Gasteiger partial charge in [-0.3, -0.25) is 10.1 Å². The molecule has 11 heteroatoms. The highest BCUT2D eigenvalue weighted by Crippen LogP contribution is 2.26. The van der Waals surface area contributed by atoms with Gasteiger partial charge in [-0.25, -0.2) is 0 Å². The zero-order valence-electron chi connectivity index (χ0n) is 11.2. The quantitative estimate of drug-likeness (QED) is 0.222. The predicted molar refractivity (Wildman–Crippen MR) is 81.9 cm³/mol. The number of fused-ring (bicyclic) bond motifs is 1. The molecule has 2 rings (SSSR count). The molecule has 0 saturated carbocycles. The van der Waals surface area contributed by atoms with Gasteiger partial charge in [0.05, 0.1) is 0 Å². The zero-order chi connectivity index (χ0) is 16.3. The maximum Gasteiger partial charge on any atom is 0.301 e. The van der Waals surface area contributed by atoms with Crippen LogP contribution < -0.4 is 22.9 Å². The van der Waals surface area contributed by atoms with Gasteiger partial charge < -0.3 is 22.9 Å².